The summed E-state index contributed by atoms with van der Waals surface area (Å²) in [5.74, 6) is 1.06. The molecule has 2 aliphatic heterocycles. The molecule has 0 saturated carbocycles. The lowest BCUT2D eigenvalue weighted by Gasteiger charge is -2.36. The number of aryl methyl sites for hydroxylation is 1. The number of unbranched alkanes of at least 4 members (excludes halogenated alkanes) is 11. The number of esters is 1. The Morgan fingerprint density at radius 1 is 0.828 bits per heavy atom. The molecule has 2 unspecified atom stereocenters. The minimum absolute atomic E-state index is 0.0247. The number of benzene rings is 3. The minimum atomic E-state index is -3.47. The summed E-state index contributed by atoms with van der Waals surface area (Å²) < 4.78 is 45.6. The predicted octanol–water partition coefficient (Wildman–Crippen LogP) is 9.51. The number of aromatic hydroxyl groups is 1. The Balaban J connectivity index is 0.968. The van der Waals surface area contributed by atoms with Gasteiger partial charge in [-0.15, -0.1) is 5.10 Å². The standard InChI is InChI=1S/C44H60N5O8P/c1-4-5-6-7-8-9-10-11-12-13-14-17-28-54-58(52,45-25-27-48(2)3)55-29-18-26-49-32-34(46-47-49)33-53-36-22-24-42-40(31-36)44(39-30-35(50)21-23-41(39)56-42)38-20-16-15-19-37(38)43(51)57-44/h15-16,19-24,30-32,50H,4-14,17-18,25-29,33H2,1-3H3,(H,45,52). The van der Waals surface area contributed by atoms with E-state index in [0.717, 1.165) is 12.8 Å². The van der Waals surface area contributed by atoms with Gasteiger partial charge in [0.2, 0.25) is 0 Å². The van der Waals surface area contributed by atoms with E-state index in [4.69, 9.17) is 23.3 Å². The van der Waals surface area contributed by atoms with Crippen molar-refractivity contribution in [3.63, 3.8) is 0 Å². The number of likely N-dealkylation sites (N-methyl/N-ethyl adjacent to an activating group) is 1. The highest BCUT2D eigenvalue weighted by Gasteiger charge is 2.53. The summed E-state index contributed by atoms with van der Waals surface area (Å²) in [7, 11) is 0.464. The van der Waals surface area contributed by atoms with Gasteiger partial charge in [-0.25, -0.2) is 14.4 Å². The Morgan fingerprint density at radius 3 is 2.21 bits per heavy atom. The number of fused-ring (bicyclic) bond motifs is 6. The normalized spacial score (nSPS) is 16.4. The molecule has 2 N–H and O–H groups in total. The SMILES string of the molecule is CCCCCCCCCCCCCCOP(=O)(NCCN(C)C)OCCCn1cc(COc2ccc3c(c2)C2(OC(=O)c4ccccc42)c2cc(O)ccc2O3)nn1. The molecule has 58 heavy (non-hydrogen) atoms. The van der Waals surface area contributed by atoms with E-state index in [9.17, 15) is 14.5 Å². The zero-order valence-corrected chi connectivity index (χ0v) is 35.2. The average Bonchev–Trinajstić information content (AvgIpc) is 3.80. The van der Waals surface area contributed by atoms with Gasteiger partial charge in [-0.2, -0.15) is 0 Å². The van der Waals surface area contributed by atoms with Crippen LogP contribution in [0.3, 0.4) is 0 Å². The Hall–Kier alpha value is -4.26. The van der Waals surface area contributed by atoms with E-state index in [0.29, 0.717) is 77.9 Å². The van der Waals surface area contributed by atoms with Gasteiger partial charge in [0.15, 0.2) is 5.60 Å². The third-order valence-corrected chi connectivity index (χ3v) is 12.2. The van der Waals surface area contributed by atoms with E-state index >= 15 is 0 Å². The van der Waals surface area contributed by atoms with Crippen LogP contribution in [0.15, 0.2) is 66.9 Å². The second-order valence-electron chi connectivity index (χ2n) is 15.4. The molecule has 0 bridgehead atoms. The highest BCUT2D eigenvalue weighted by Crippen LogP contribution is 2.57. The number of carbonyl (C=O) groups excluding carboxylic acids is 1. The zero-order chi connectivity index (χ0) is 40.8. The molecule has 0 amide bonds. The highest BCUT2D eigenvalue weighted by molar-refractivity contribution is 7.51. The van der Waals surface area contributed by atoms with Gasteiger partial charge in [0, 0.05) is 25.2 Å². The number of phenolic OH excluding ortho intramolecular Hbond substituents is 1. The zero-order valence-electron chi connectivity index (χ0n) is 34.3. The fourth-order valence-corrected chi connectivity index (χ4v) is 8.85. The van der Waals surface area contributed by atoms with Crippen LogP contribution in [-0.2, 0) is 37.1 Å². The van der Waals surface area contributed by atoms with E-state index in [1.165, 1.54) is 70.3 Å². The van der Waals surface area contributed by atoms with E-state index < -0.39 is 19.3 Å². The molecular weight excluding hydrogens is 757 g/mol. The molecule has 3 heterocycles. The van der Waals surface area contributed by atoms with Gasteiger partial charge in [0.1, 0.15) is 35.3 Å². The van der Waals surface area contributed by atoms with Crippen LogP contribution in [0.2, 0.25) is 0 Å². The van der Waals surface area contributed by atoms with Crippen molar-refractivity contribution in [3.05, 3.63) is 94.8 Å². The van der Waals surface area contributed by atoms with Crippen LogP contribution in [0.5, 0.6) is 23.0 Å². The molecule has 2 aliphatic rings. The molecule has 0 fully saturated rings. The number of nitrogens with zero attached hydrogens (tertiary/aromatic N) is 4. The van der Waals surface area contributed by atoms with Crippen LogP contribution in [0, 0.1) is 0 Å². The first-order valence-corrected chi connectivity index (χ1v) is 22.5. The third kappa shape index (κ3) is 11.3. The number of rotatable bonds is 26. The van der Waals surface area contributed by atoms with E-state index in [-0.39, 0.29) is 19.0 Å². The molecule has 0 saturated heterocycles. The molecule has 0 radical (unpaired) electrons. The summed E-state index contributed by atoms with van der Waals surface area (Å²) in [6, 6.07) is 17.4. The van der Waals surface area contributed by atoms with Crippen molar-refractivity contribution in [2.24, 2.45) is 0 Å². The molecular formula is C44H60N5O8P. The van der Waals surface area contributed by atoms with Crippen molar-refractivity contribution in [2.45, 2.75) is 109 Å². The lowest BCUT2D eigenvalue weighted by molar-refractivity contribution is 0.0222. The first-order valence-electron chi connectivity index (χ1n) is 21.0. The van der Waals surface area contributed by atoms with Crippen LogP contribution >= 0.6 is 7.75 Å². The number of hydrogen-bond acceptors (Lipinski definition) is 11. The van der Waals surface area contributed by atoms with Gasteiger partial charge in [-0.05, 0) is 69.4 Å². The van der Waals surface area contributed by atoms with Crippen LogP contribution in [0.25, 0.3) is 0 Å². The Bertz CT molecular complexity index is 1990. The van der Waals surface area contributed by atoms with Gasteiger partial charge in [0.25, 0.3) is 0 Å². The number of ether oxygens (including phenoxy) is 3. The quantitative estimate of drug-likeness (QED) is 0.0354. The summed E-state index contributed by atoms with van der Waals surface area (Å²) in [4.78, 5) is 15.2. The summed E-state index contributed by atoms with van der Waals surface area (Å²) in [5.41, 5.74) is 1.49. The number of carbonyl (C=O) groups is 1. The molecule has 13 nitrogen and oxygen atoms in total. The van der Waals surface area contributed by atoms with E-state index in [1.54, 1.807) is 53.3 Å². The van der Waals surface area contributed by atoms with Crippen LogP contribution in [-0.4, -0.2) is 71.4 Å². The van der Waals surface area contributed by atoms with E-state index in [1.807, 2.05) is 31.1 Å². The molecule has 14 heteroatoms. The monoisotopic (exact) mass is 817 g/mol. The second-order valence-corrected chi connectivity index (χ2v) is 17.3. The topological polar surface area (TPSA) is 146 Å². The first-order chi connectivity index (χ1) is 28.2. The summed E-state index contributed by atoms with van der Waals surface area (Å²) in [6.07, 6.45) is 17.4. The second kappa shape index (κ2) is 21.1. The first kappa shape index (κ1) is 43.3. The summed E-state index contributed by atoms with van der Waals surface area (Å²) in [6.45, 7) is 4.70. The van der Waals surface area contributed by atoms with Crippen molar-refractivity contribution in [1.82, 2.24) is 25.0 Å². The van der Waals surface area contributed by atoms with Crippen molar-refractivity contribution < 1.29 is 37.7 Å². The number of aromatic nitrogens is 3. The van der Waals surface area contributed by atoms with Crippen LogP contribution < -0.4 is 14.6 Å². The molecule has 6 rings (SSSR count). The van der Waals surface area contributed by atoms with Crippen molar-refractivity contribution >= 4 is 13.7 Å². The predicted molar refractivity (Wildman–Crippen MR) is 222 cm³/mol. The maximum atomic E-state index is 13.6. The van der Waals surface area contributed by atoms with Gasteiger partial charge in [-0.1, -0.05) is 101 Å². The Morgan fingerprint density at radius 2 is 1.48 bits per heavy atom. The lowest BCUT2D eigenvalue weighted by atomic mass is 9.77. The van der Waals surface area contributed by atoms with Crippen molar-refractivity contribution in [2.75, 3.05) is 40.4 Å². The number of nitrogens with one attached hydrogen (secondary N) is 1. The summed E-state index contributed by atoms with van der Waals surface area (Å²) in [5, 5.41) is 22.0. The largest absolute Gasteiger partial charge is 0.508 e. The average molecular weight is 818 g/mol. The lowest BCUT2D eigenvalue weighted by Crippen LogP contribution is -2.33. The molecule has 1 aromatic heterocycles. The number of hydrogen-bond donors (Lipinski definition) is 2. The Kier molecular flexibility index (Phi) is 15.8. The third-order valence-electron chi connectivity index (χ3n) is 10.6. The molecule has 0 aliphatic carbocycles. The molecule has 1 spiro atoms. The van der Waals surface area contributed by atoms with Crippen molar-refractivity contribution in [3.8, 4) is 23.0 Å². The van der Waals surface area contributed by atoms with E-state index in [2.05, 4.69) is 22.3 Å². The molecule has 2 atom stereocenters. The van der Waals surface area contributed by atoms with Gasteiger partial charge in [-0.3, -0.25) is 13.7 Å². The molecule has 4 aromatic rings. The van der Waals surface area contributed by atoms with Crippen LogP contribution in [0.4, 0.5) is 0 Å². The number of phenols is 1. The van der Waals surface area contributed by atoms with Gasteiger partial charge in [0.05, 0.1) is 36.1 Å². The molecule has 314 valence electrons. The highest BCUT2D eigenvalue weighted by atomic mass is 31.2. The molecule has 3 aromatic carbocycles. The van der Waals surface area contributed by atoms with Gasteiger partial charge < -0.3 is 24.2 Å². The smallest absolute Gasteiger partial charge is 0.405 e. The maximum absolute atomic E-state index is 13.6. The van der Waals surface area contributed by atoms with Crippen LogP contribution in [0.1, 0.15) is 123 Å². The fraction of sp³-hybridized carbons (Fsp3) is 0.523. The minimum Gasteiger partial charge on any atom is -0.508 e. The maximum Gasteiger partial charge on any atom is 0.405 e. The van der Waals surface area contributed by atoms with Crippen molar-refractivity contribution in [1.29, 1.82) is 0 Å². The fourth-order valence-electron chi connectivity index (χ4n) is 7.48. The summed E-state index contributed by atoms with van der Waals surface area (Å²) >= 11 is 0. The van der Waals surface area contributed by atoms with Gasteiger partial charge >= 0.3 is 13.7 Å². The Labute approximate surface area is 342 Å².